The predicted molar refractivity (Wildman–Crippen MR) is 111 cm³/mol. The standard InChI is InChI=1S/C23H28N2O3/c1-5-6-13-28-19-10-8-7-9-18(19)14-25-22-16(3)12-11-15(2)20(22)21(23(25)27)24-17(4)26/h7-12,21H,5-6,13-14H2,1-4H3,(H,24,26)/t21-/m0/s1. The van der Waals surface area contributed by atoms with E-state index in [-0.39, 0.29) is 11.8 Å². The fraction of sp³-hybridized carbons (Fsp3) is 0.391. The molecular formula is C23H28N2O3. The number of hydrogen-bond acceptors (Lipinski definition) is 3. The lowest BCUT2D eigenvalue weighted by molar-refractivity contribution is -0.126. The number of hydrogen-bond donors (Lipinski definition) is 1. The van der Waals surface area contributed by atoms with Gasteiger partial charge >= 0.3 is 0 Å². The monoisotopic (exact) mass is 380 g/mol. The topological polar surface area (TPSA) is 58.6 Å². The van der Waals surface area contributed by atoms with Gasteiger partial charge < -0.3 is 15.0 Å². The van der Waals surface area contributed by atoms with Crippen LogP contribution in [0.25, 0.3) is 0 Å². The van der Waals surface area contributed by atoms with E-state index >= 15 is 0 Å². The fourth-order valence-electron chi connectivity index (χ4n) is 3.70. The Morgan fingerprint density at radius 3 is 2.57 bits per heavy atom. The Morgan fingerprint density at radius 2 is 1.86 bits per heavy atom. The van der Waals surface area contributed by atoms with Crippen molar-refractivity contribution in [2.24, 2.45) is 0 Å². The van der Waals surface area contributed by atoms with Crippen LogP contribution in [0.3, 0.4) is 0 Å². The molecule has 2 aromatic rings. The second-order valence-electron chi connectivity index (χ2n) is 7.33. The Labute approximate surface area is 166 Å². The van der Waals surface area contributed by atoms with Gasteiger partial charge in [0.15, 0.2) is 0 Å². The quantitative estimate of drug-likeness (QED) is 0.732. The maximum absolute atomic E-state index is 13.2. The molecule has 0 radical (unpaired) electrons. The van der Waals surface area contributed by atoms with Gasteiger partial charge in [0.25, 0.3) is 5.91 Å². The van der Waals surface area contributed by atoms with Crippen molar-refractivity contribution in [3.63, 3.8) is 0 Å². The largest absolute Gasteiger partial charge is 0.493 e. The first-order valence-electron chi connectivity index (χ1n) is 9.83. The number of benzene rings is 2. The van der Waals surface area contributed by atoms with Crippen molar-refractivity contribution in [1.29, 1.82) is 0 Å². The van der Waals surface area contributed by atoms with Crippen molar-refractivity contribution >= 4 is 17.5 Å². The SMILES string of the molecule is CCCCOc1ccccc1CN1C(=O)[C@@H](NC(C)=O)c2c(C)ccc(C)c21. The number of amides is 2. The molecule has 1 aliphatic rings. The zero-order valence-corrected chi connectivity index (χ0v) is 17.0. The van der Waals surface area contributed by atoms with Crippen molar-refractivity contribution in [2.75, 3.05) is 11.5 Å². The van der Waals surface area contributed by atoms with Gasteiger partial charge in [0.2, 0.25) is 5.91 Å². The molecule has 0 fully saturated rings. The lowest BCUT2D eigenvalue weighted by atomic mass is 9.99. The summed E-state index contributed by atoms with van der Waals surface area (Å²) in [6.45, 7) is 8.61. The van der Waals surface area contributed by atoms with Gasteiger partial charge in [0.1, 0.15) is 11.8 Å². The van der Waals surface area contributed by atoms with Crippen LogP contribution in [0.1, 0.15) is 55.0 Å². The third-order valence-electron chi connectivity index (χ3n) is 5.11. The molecule has 0 aliphatic carbocycles. The molecule has 5 nitrogen and oxygen atoms in total. The number of ether oxygens (including phenoxy) is 1. The van der Waals surface area contributed by atoms with E-state index in [4.69, 9.17) is 4.74 Å². The van der Waals surface area contributed by atoms with Crippen LogP contribution >= 0.6 is 0 Å². The number of aryl methyl sites for hydroxylation is 2. The maximum Gasteiger partial charge on any atom is 0.254 e. The summed E-state index contributed by atoms with van der Waals surface area (Å²) in [6.07, 6.45) is 2.06. The Hall–Kier alpha value is -2.82. The number of rotatable bonds is 7. The summed E-state index contributed by atoms with van der Waals surface area (Å²) in [5.74, 6) is 0.486. The highest BCUT2D eigenvalue weighted by atomic mass is 16.5. The molecule has 2 aromatic carbocycles. The minimum atomic E-state index is -0.638. The minimum absolute atomic E-state index is 0.106. The number of anilines is 1. The van der Waals surface area contributed by atoms with E-state index < -0.39 is 6.04 Å². The van der Waals surface area contributed by atoms with Crippen molar-refractivity contribution in [3.8, 4) is 5.75 Å². The van der Waals surface area contributed by atoms with E-state index in [2.05, 4.69) is 12.2 Å². The lowest BCUT2D eigenvalue weighted by Gasteiger charge is -2.21. The van der Waals surface area contributed by atoms with Crippen LogP contribution in [0.2, 0.25) is 0 Å². The van der Waals surface area contributed by atoms with Gasteiger partial charge in [-0.2, -0.15) is 0 Å². The van der Waals surface area contributed by atoms with E-state index in [9.17, 15) is 9.59 Å². The summed E-state index contributed by atoms with van der Waals surface area (Å²) in [4.78, 5) is 26.7. The number of fused-ring (bicyclic) bond motifs is 1. The molecule has 1 atom stereocenters. The van der Waals surface area contributed by atoms with Crippen LogP contribution in [0.4, 0.5) is 5.69 Å². The van der Waals surface area contributed by atoms with Crippen LogP contribution in [-0.2, 0) is 16.1 Å². The molecule has 3 rings (SSSR count). The molecule has 0 saturated heterocycles. The molecule has 148 valence electrons. The van der Waals surface area contributed by atoms with Crippen LogP contribution in [0.5, 0.6) is 5.75 Å². The molecule has 0 spiro atoms. The number of carbonyl (C=O) groups is 2. The number of para-hydroxylation sites is 1. The molecule has 0 unspecified atom stereocenters. The van der Waals surface area contributed by atoms with Crippen molar-refractivity contribution in [3.05, 3.63) is 58.7 Å². The average Bonchev–Trinajstić information content (AvgIpc) is 2.93. The number of nitrogens with zero attached hydrogens (tertiary/aromatic N) is 1. The smallest absolute Gasteiger partial charge is 0.254 e. The normalized spacial score (nSPS) is 15.5. The van der Waals surface area contributed by atoms with E-state index in [1.54, 1.807) is 4.90 Å². The minimum Gasteiger partial charge on any atom is -0.493 e. The molecule has 0 saturated carbocycles. The highest BCUT2D eigenvalue weighted by Gasteiger charge is 2.40. The predicted octanol–water partition coefficient (Wildman–Crippen LogP) is 4.21. The first kappa shape index (κ1) is 19.9. The van der Waals surface area contributed by atoms with E-state index in [1.807, 2.05) is 50.2 Å². The van der Waals surface area contributed by atoms with Gasteiger partial charge in [-0.1, -0.05) is 43.7 Å². The summed E-state index contributed by atoms with van der Waals surface area (Å²) in [5, 5.41) is 2.83. The fourth-order valence-corrected chi connectivity index (χ4v) is 3.70. The molecule has 0 aromatic heterocycles. The zero-order chi connectivity index (χ0) is 20.3. The summed E-state index contributed by atoms with van der Waals surface area (Å²) in [7, 11) is 0. The van der Waals surface area contributed by atoms with Gasteiger partial charge in [-0.15, -0.1) is 0 Å². The maximum atomic E-state index is 13.2. The Bertz CT molecular complexity index is 891. The number of unbranched alkanes of at least 4 members (excludes halogenated alkanes) is 1. The van der Waals surface area contributed by atoms with Gasteiger partial charge in [-0.25, -0.2) is 0 Å². The Morgan fingerprint density at radius 1 is 1.14 bits per heavy atom. The van der Waals surface area contributed by atoms with Gasteiger partial charge in [-0.3, -0.25) is 9.59 Å². The Kier molecular flexibility index (Phi) is 6.02. The molecule has 5 heteroatoms. The average molecular weight is 380 g/mol. The van der Waals surface area contributed by atoms with E-state index in [1.165, 1.54) is 6.92 Å². The number of carbonyl (C=O) groups excluding carboxylic acids is 2. The third-order valence-corrected chi connectivity index (χ3v) is 5.11. The molecule has 28 heavy (non-hydrogen) atoms. The van der Waals surface area contributed by atoms with Gasteiger partial charge in [0, 0.05) is 18.1 Å². The van der Waals surface area contributed by atoms with E-state index in [0.717, 1.165) is 46.5 Å². The summed E-state index contributed by atoms with van der Waals surface area (Å²) in [6, 6.07) is 11.2. The van der Waals surface area contributed by atoms with Crippen LogP contribution in [0.15, 0.2) is 36.4 Å². The van der Waals surface area contributed by atoms with Crippen molar-refractivity contribution < 1.29 is 14.3 Å². The lowest BCUT2D eigenvalue weighted by Crippen LogP contribution is -2.36. The highest BCUT2D eigenvalue weighted by molar-refractivity contribution is 6.07. The molecular weight excluding hydrogens is 352 g/mol. The van der Waals surface area contributed by atoms with Crippen molar-refractivity contribution in [1.82, 2.24) is 5.32 Å². The van der Waals surface area contributed by atoms with Gasteiger partial charge in [0.05, 0.1) is 18.8 Å². The molecule has 1 heterocycles. The highest BCUT2D eigenvalue weighted by Crippen LogP contribution is 2.42. The van der Waals surface area contributed by atoms with Crippen LogP contribution < -0.4 is 15.0 Å². The van der Waals surface area contributed by atoms with Crippen LogP contribution in [0, 0.1) is 13.8 Å². The van der Waals surface area contributed by atoms with E-state index in [0.29, 0.717) is 13.2 Å². The summed E-state index contributed by atoms with van der Waals surface area (Å²) in [5.41, 5.74) is 4.77. The molecule has 1 aliphatic heterocycles. The molecule has 1 N–H and O–H groups in total. The van der Waals surface area contributed by atoms with Crippen molar-refractivity contribution in [2.45, 2.75) is 53.1 Å². The third kappa shape index (κ3) is 3.88. The summed E-state index contributed by atoms with van der Waals surface area (Å²) >= 11 is 0. The first-order valence-corrected chi connectivity index (χ1v) is 9.83. The first-order chi connectivity index (χ1) is 13.4. The second kappa shape index (κ2) is 8.46. The number of nitrogens with one attached hydrogen (secondary N) is 1. The van der Waals surface area contributed by atoms with Crippen LogP contribution in [-0.4, -0.2) is 18.4 Å². The second-order valence-corrected chi connectivity index (χ2v) is 7.33. The Balaban J connectivity index is 1.97. The molecule has 2 amide bonds. The summed E-state index contributed by atoms with van der Waals surface area (Å²) < 4.78 is 5.95. The van der Waals surface area contributed by atoms with Gasteiger partial charge in [-0.05, 0) is 37.5 Å². The molecule has 0 bridgehead atoms. The zero-order valence-electron chi connectivity index (χ0n) is 17.0.